The number of halogens is 3. The number of aryl methyl sites for hydroxylation is 1. The van der Waals surface area contributed by atoms with Crippen molar-refractivity contribution in [1.82, 2.24) is 4.57 Å². The maximum Gasteiger partial charge on any atom is 0.308 e. The molecule has 0 saturated heterocycles. The van der Waals surface area contributed by atoms with Gasteiger partial charge in [0.15, 0.2) is 10.6 Å². The fourth-order valence-corrected chi connectivity index (χ4v) is 7.64. The molecule has 1 atom stereocenters. The third-order valence-electron chi connectivity index (χ3n) is 6.63. The molecule has 0 N–H and O–H groups in total. The minimum absolute atomic E-state index is 0.128. The van der Waals surface area contributed by atoms with Gasteiger partial charge in [-0.1, -0.05) is 79.6 Å². The molecule has 1 aromatic heterocycles. The van der Waals surface area contributed by atoms with Gasteiger partial charge in [0.05, 0.1) is 20.7 Å². The van der Waals surface area contributed by atoms with E-state index in [9.17, 15) is 9.59 Å². The van der Waals surface area contributed by atoms with Crippen LogP contribution in [-0.4, -0.2) is 10.5 Å². The van der Waals surface area contributed by atoms with Gasteiger partial charge in [0, 0.05) is 27.0 Å². The lowest BCUT2D eigenvalue weighted by Gasteiger charge is -2.30. The standard InChI is InChI=1S/C29H19Br3N2O3S/c1-15(35)37-27-18(12-20(31)14-23(27)32)13-24-28(36)34-26(17-6-9-19(30)10-7-17)22-11-8-16-4-2-3-5-21(16)25(22)33-29(34)38-24/h2-7,9-10,12-14,26H,8,11H2,1H3/b24-13+/t26-/m1/s1. The minimum atomic E-state index is -0.439. The summed E-state index contributed by atoms with van der Waals surface area (Å²) in [5.41, 5.74) is 6.02. The van der Waals surface area contributed by atoms with Gasteiger partial charge < -0.3 is 4.74 Å². The number of rotatable bonds is 3. The first-order chi connectivity index (χ1) is 18.3. The first-order valence-electron chi connectivity index (χ1n) is 11.9. The van der Waals surface area contributed by atoms with E-state index >= 15 is 0 Å². The second-order valence-electron chi connectivity index (χ2n) is 9.06. The van der Waals surface area contributed by atoms with Crippen molar-refractivity contribution >= 4 is 76.9 Å². The number of carbonyl (C=O) groups is 1. The van der Waals surface area contributed by atoms with Gasteiger partial charge in [-0.25, -0.2) is 4.99 Å². The van der Waals surface area contributed by atoms with E-state index in [2.05, 4.69) is 78.1 Å². The summed E-state index contributed by atoms with van der Waals surface area (Å²) in [7, 11) is 0. The molecular weight excluding hydrogens is 696 g/mol. The number of allylic oxidation sites excluding steroid dienone is 1. The first-order valence-corrected chi connectivity index (χ1v) is 15.1. The largest absolute Gasteiger partial charge is 0.425 e. The van der Waals surface area contributed by atoms with Gasteiger partial charge in [-0.3, -0.25) is 14.2 Å². The Morgan fingerprint density at radius 3 is 2.58 bits per heavy atom. The molecule has 0 radical (unpaired) electrons. The van der Waals surface area contributed by atoms with Crippen LogP contribution in [0, 0.1) is 0 Å². The predicted molar refractivity (Wildman–Crippen MR) is 160 cm³/mol. The first kappa shape index (κ1) is 25.7. The molecule has 2 aliphatic rings. The van der Waals surface area contributed by atoms with Crippen LogP contribution >= 0.6 is 59.1 Å². The molecule has 0 amide bonds. The van der Waals surface area contributed by atoms with E-state index in [1.54, 1.807) is 12.1 Å². The smallest absolute Gasteiger partial charge is 0.308 e. The van der Waals surface area contributed by atoms with Crippen LogP contribution in [0.3, 0.4) is 0 Å². The number of hydrogen-bond donors (Lipinski definition) is 0. The van der Waals surface area contributed by atoms with Crippen LogP contribution in [0.4, 0.5) is 0 Å². The SMILES string of the molecule is CC(=O)Oc1c(Br)cc(Br)cc1/C=c1/sc2n(c1=O)[C@H](c1ccc(Br)cc1)C1=C(N=2)c2ccccc2CC1. The van der Waals surface area contributed by atoms with Crippen LogP contribution in [0.2, 0.25) is 0 Å². The zero-order valence-corrected chi connectivity index (χ0v) is 25.6. The van der Waals surface area contributed by atoms with Crippen LogP contribution in [0.15, 0.2) is 89.4 Å². The van der Waals surface area contributed by atoms with Crippen LogP contribution in [0.1, 0.15) is 41.6 Å². The van der Waals surface area contributed by atoms with Crippen LogP contribution in [0.25, 0.3) is 11.8 Å². The summed E-state index contributed by atoms with van der Waals surface area (Å²) in [5, 5.41) is 0. The van der Waals surface area contributed by atoms with E-state index in [0.717, 1.165) is 44.2 Å². The molecule has 1 aliphatic carbocycles. The number of hydrogen-bond acceptors (Lipinski definition) is 5. The summed E-state index contributed by atoms with van der Waals surface area (Å²) in [6.07, 6.45) is 3.50. The molecule has 0 bridgehead atoms. The molecule has 9 heteroatoms. The molecule has 5 nitrogen and oxygen atoms in total. The maximum absolute atomic E-state index is 14.0. The van der Waals surface area contributed by atoms with E-state index in [4.69, 9.17) is 9.73 Å². The van der Waals surface area contributed by atoms with Gasteiger partial charge in [0.1, 0.15) is 0 Å². The highest BCUT2D eigenvalue weighted by Gasteiger charge is 2.32. The molecule has 190 valence electrons. The molecule has 0 fully saturated rings. The number of thiazole rings is 1. The summed E-state index contributed by atoms with van der Waals surface area (Å²) in [6.45, 7) is 1.35. The van der Waals surface area contributed by atoms with Crippen molar-refractivity contribution in [2.75, 3.05) is 0 Å². The van der Waals surface area contributed by atoms with Crippen LogP contribution in [-0.2, 0) is 11.2 Å². The molecule has 0 saturated carbocycles. The van der Waals surface area contributed by atoms with Crippen molar-refractivity contribution in [2.45, 2.75) is 25.8 Å². The average Bonchev–Trinajstić information content (AvgIpc) is 3.19. The van der Waals surface area contributed by atoms with E-state index in [-0.39, 0.29) is 11.6 Å². The predicted octanol–water partition coefficient (Wildman–Crippen LogP) is 6.53. The van der Waals surface area contributed by atoms with Crippen molar-refractivity contribution in [3.63, 3.8) is 0 Å². The third kappa shape index (κ3) is 4.59. The lowest BCUT2D eigenvalue weighted by atomic mass is 9.83. The Labute approximate surface area is 247 Å². The Kier molecular flexibility index (Phi) is 6.88. The topological polar surface area (TPSA) is 60.7 Å². The van der Waals surface area contributed by atoms with Gasteiger partial charge in [-0.2, -0.15) is 0 Å². The normalized spacial score (nSPS) is 16.4. The Morgan fingerprint density at radius 1 is 1.05 bits per heavy atom. The number of esters is 1. The molecule has 1 aliphatic heterocycles. The minimum Gasteiger partial charge on any atom is -0.425 e. The van der Waals surface area contributed by atoms with Gasteiger partial charge in [0.2, 0.25) is 0 Å². The van der Waals surface area contributed by atoms with Crippen molar-refractivity contribution in [1.29, 1.82) is 0 Å². The number of aromatic nitrogens is 1. The maximum atomic E-state index is 14.0. The zero-order valence-electron chi connectivity index (χ0n) is 20.0. The van der Waals surface area contributed by atoms with Gasteiger partial charge >= 0.3 is 5.97 Å². The van der Waals surface area contributed by atoms with Crippen molar-refractivity contribution in [3.05, 3.63) is 122 Å². The van der Waals surface area contributed by atoms with Gasteiger partial charge in [0.25, 0.3) is 5.56 Å². The second-order valence-corrected chi connectivity index (χ2v) is 12.8. The average molecular weight is 715 g/mol. The fraction of sp³-hybridized carbons (Fsp3) is 0.138. The van der Waals surface area contributed by atoms with Crippen LogP contribution < -0.4 is 19.6 Å². The summed E-state index contributed by atoms with van der Waals surface area (Å²) >= 11 is 11.9. The second kappa shape index (κ2) is 10.2. The Hall–Kier alpha value is -2.59. The Balaban J connectivity index is 1.62. The highest BCUT2D eigenvalue weighted by atomic mass is 79.9. The van der Waals surface area contributed by atoms with E-state index in [1.165, 1.54) is 23.8 Å². The molecule has 0 unspecified atom stereocenters. The Morgan fingerprint density at radius 2 is 1.82 bits per heavy atom. The lowest BCUT2D eigenvalue weighted by molar-refractivity contribution is -0.131. The van der Waals surface area contributed by atoms with Crippen molar-refractivity contribution in [3.8, 4) is 5.75 Å². The van der Waals surface area contributed by atoms with Crippen LogP contribution in [0.5, 0.6) is 5.75 Å². The van der Waals surface area contributed by atoms with E-state index in [1.807, 2.05) is 28.8 Å². The third-order valence-corrected chi connectivity index (χ3v) is 9.19. The number of carbonyl (C=O) groups excluding carboxylic acids is 1. The summed E-state index contributed by atoms with van der Waals surface area (Å²) in [6, 6.07) is 19.9. The fourth-order valence-electron chi connectivity index (χ4n) is 5.05. The van der Waals surface area contributed by atoms with Gasteiger partial charge in [-0.15, -0.1) is 0 Å². The number of benzene rings is 3. The molecule has 2 heterocycles. The van der Waals surface area contributed by atoms with Crippen molar-refractivity contribution in [2.24, 2.45) is 4.99 Å². The van der Waals surface area contributed by atoms with Crippen molar-refractivity contribution < 1.29 is 9.53 Å². The summed E-state index contributed by atoms with van der Waals surface area (Å²) in [5.74, 6) is -0.0741. The molecule has 6 rings (SSSR count). The molecular formula is C29H19Br3N2O3S. The number of nitrogens with zero attached hydrogens (tertiary/aromatic N) is 2. The molecule has 4 aromatic rings. The van der Waals surface area contributed by atoms with E-state index in [0.29, 0.717) is 25.1 Å². The molecule has 38 heavy (non-hydrogen) atoms. The quantitative estimate of drug-likeness (QED) is 0.179. The lowest BCUT2D eigenvalue weighted by Crippen LogP contribution is -2.38. The summed E-state index contributed by atoms with van der Waals surface area (Å²) in [4.78, 5) is 31.5. The number of fused-ring (bicyclic) bond motifs is 3. The summed E-state index contributed by atoms with van der Waals surface area (Å²) < 4.78 is 10.2. The van der Waals surface area contributed by atoms with Gasteiger partial charge in [-0.05, 0) is 75.8 Å². The molecule has 3 aromatic carbocycles. The Bertz CT molecular complexity index is 1840. The molecule has 0 spiro atoms. The monoisotopic (exact) mass is 712 g/mol. The number of ether oxygens (including phenoxy) is 1. The highest BCUT2D eigenvalue weighted by molar-refractivity contribution is 9.11. The van der Waals surface area contributed by atoms with E-state index < -0.39 is 5.97 Å². The zero-order chi connectivity index (χ0) is 26.6. The highest BCUT2D eigenvalue weighted by Crippen LogP contribution is 2.41.